The monoisotopic (exact) mass is 307 g/mol. The van der Waals surface area contributed by atoms with Crippen LogP contribution in [0.4, 0.5) is 18.0 Å². The SMILES string of the molecule is CCN1CC(NC(=O)N2CC(C)(CC(F)(F)F)C2)CC1=O. The molecule has 2 aliphatic heterocycles. The van der Waals surface area contributed by atoms with Crippen LogP contribution in [-0.2, 0) is 4.79 Å². The van der Waals surface area contributed by atoms with E-state index in [0.29, 0.717) is 13.1 Å². The number of alkyl halides is 3. The summed E-state index contributed by atoms with van der Waals surface area (Å²) in [4.78, 5) is 26.5. The van der Waals surface area contributed by atoms with Crippen LogP contribution in [0.3, 0.4) is 0 Å². The number of rotatable bonds is 3. The molecule has 3 amide bonds. The Balaban J connectivity index is 1.78. The lowest BCUT2D eigenvalue weighted by atomic mass is 9.79. The molecule has 21 heavy (non-hydrogen) atoms. The van der Waals surface area contributed by atoms with Crippen LogP contribution in [-0.4, -0.2) is 60.1 Å². The summed E-state index contributed by atoms with van der Waals surface area (Å²) in [6, 6.07) is -0.634. The molecule has 2 fully saturated rings. The fourth-order valence-electron chi connectivity index (χ4n) is 3.05. The van der Waals surface area contributed by atoms with E-state index >= 15 is 0 Å². The zero-order chi connectivity index (χ0) is 15.8. The lowest BCUT2D eigenvalue weighted by Gasteiger charge is -2.48. The van der Waals surface area contributed by atoms with Crippen LogP contribution < -0.4 is 5.32 Å². The number of urea groups is 1. The normalized spacial score (nSPS) is 25.0. The number of hydrogen-bond acceptors (Lipinski definition) is 2. The van der Waals surface area contributed by atoms with Crippen LogP contribution in [0.25, 0.3) is 0 Å². The minimum atomic E-state index is -4.21. The van der Waals surface area contributed by atoms with E-state index in [1.165, 1.54) is 11.8 Å². The van der Waals surface area contributed by atoms with Crippen molar-refractivity contribution < 1.29 is 22.8 Å². The number of nitrogens with zero attached hydrogens (tertiary/aromatic N) is 2. The van der Waals surface area contributed by atoms with Crippen LogP contribution in [0.5, 0.6) is 0 Å². The fourth-order valence-corrected chi connectivity index (χ4v) is 3.05. The minimum Gasteiger partial charge on any atom is -0.341 e. The van der Waals surface area contributed by atoms with Gasteiger partial charge in [-0.2, -0.15) is 13.2 Å². The fraction of sp³-hybridized carbons (Fsp3) is 0.846. The highest BCUT2D eigenvalue weighted by molar-refractivity contribution is 5.82. The van der Waals surface area contributed by atoms with Gasteiger partial charge < -0.3 is 15.1 Å². The third-order valence-corrected chi connectivity index (χ3v) is 3.98. The summed E-state index contributed by atoms with van der Waals surface area (Å²) in [5.74, 6) is -0.00619. The quantitative estimate of drug-likeness (QED) is 0.861. The van der Waals surface area contributed by atoms with Crippen molar-refractivity contribution >= 4 is 11.9 Å². The standard InChI is InChI=1S/C13H20F3N3O2/c1-3-18-5-9(4-10(18)20)17-11(21)19-7-12(2,8-19)6-13(14,15)16/h9H,3-8H2,1-2H3,(H,17,21). The van der Waals surface area contributed by atoms with E-state index in [-0.39, 0.29) is 37.5 Å². The number of likely N-dealkylation sites (N-methyl/N-ethyl adjacent to an activating group) is 1. The summed E-state index contributed by atoms with van der Waals surface area (Å²) in [7, 11) is 0. The van der Waals surface area contributed by atoms with Crippen LogP contribution in [0.2, 0.25) is 0 Å². The van der Waals surface area contributed by atoms with Gasteiger partial charge in [0.2, 0.25) is 5.91 Å². The maximum Gasteiger partial charge on any atom is 0.389 e. The lowest BCUT2D eigenvalue weighted by molar-refractivity contribution is -0.172. The van der Waals surface area contributed by atoms with E-state index in [1.54, 1.807) is 4.90 Å². The van der Waals surface area contributed by atoms with Gasteiger partial charge >= 0.3 is 12.2 Å². The molecule has 0 spiro atoms. The van der Waals surface area contributed by atoms with Gasteiger partial charge in [0.25, 0.3) is 0 Å². The first-order valence-corrected chi connectivity index (χ1v) is 7.02. The molecule has 0 saturated carbocycles. The summed E-state index contributed by atoms with van der Waals surface area (Å²) in [5, 5.41) is 2.72. The Labute approximate surface area is 121 Å². The lowest BCUT2D eigenvalue weighted by Crippen LogP contribution is -2.61. The summed E-state index contributed by atoms with van der Waals surface area (Å²) in [6.45, 7) is 4.64. The Morgan fingerprint density at radius 3 is 2.52 bits per heavy atom. The average molecular weight is 307 g/mol. The van der Waals surface area contributed by atoms with Gasteiger partial charge in [-0.15, -0.1) is 0 Å². The van der Waals surface area contributed by atoms with Crippen molar-refractivity contribution in [3.05, 3.63) is 0 Å². The molecule has 5 nitrogen and oxygen atoms in total. The van der Waals surface area contributed by atoms with Crippen LogP contribution in [0.15, 0.2) is 0 Å². The van der Waals surface area contributed by atoms with E-state index in [9.17, 15) is 22.8 Å². The molecule has 2 heterocycles. The molecule has 8 heteroatoms. The Morgan fingerprint density at radius 1 is 1.43 bits per heavy atom. The molecular formula is C13H20F3N3O2. The molecular weight excluding hydrogens is 287 g/mol. The Kier molecular flexibility index (Phi) is 4.08. The molecule has 1 unspecified atom stereocenters. The molecule has 0 aliphatic carbocycles. The molecule has 1 N–H and O–H groups in total. The predicted molar refractivity (Wildman–Crippen MR) is 69.5 cm³/mol. The predicted octanol–water partition coefficient (Wildman–Crippen LogP) is 1.59. The summed E-state index contributed by atoms with van der Waals surface area (Å²) in [5.41, 5.74) is -0.892. The van der Waals surface area contributed by atoms with E-state index in [4.69, 9.17) is 0 Å². The third-order valence-electron chi connectivity index (χ3n) is 3.98. The van der Waals surface area contributed by atoms with Gasteiger partial charge in [0.1, 0.15) is 0 Å². The number of nitrogens with one attached hydrogen (secondary N) is 1. The molecule has 0 aromatic heterocycles. The van der Waals surface area contributed by atoms with Gasteiger partial charge in [0, 0.05) is 38.0 Å². The number of carbonyl (C=O) groups is 2. The van der Waals surface area contributed by atoms with Gasteiger partial charge in [0.15, 0.2) is 0 Å². The highest BCUT2D eigenvalue weighted by atomic mass is 19.4. The van der Waals surface area contributed by atoms with E-state index < -0.39 is 18.0 Å². The second-order valence-corrected chi connectivity index (χ2v) is 6.24. The van der Waals surface area contributed by atoms with E-state index in [1.807, 2.05) is 6.92 Å². The topological polar surface area (TPSA) is 52.7 Å². The third kappa shape index (κ3) is 3.79. The Morgan fingerprint density at radius 2 is 2.05 bits per heavy atom. The summed E-state index contributed by atoms with van der Waals surface area (Å²) in [6.07, 6.45) is -4.83. The van der Waals surface area contributed by atoms with Crippen LogP contribution >= 0.6 is 0 Å². The van der Waals surface area contributed by atoms with Crippen molar-refractivity contribution in [2.45, 2.75) is 38.9 Å². The van der Waals surface area contributed by atoms with Gasteiger partial charge in [0.05, 0.1) is 12.5 Å². The van der Waals surface area contributed by atoms with Gasteiger partial charge in [-0.3, -0.25) is 4.79 Å². The zero-order valence-corrected chi connectivity index (χ0v) is 12.2. The van der Waals surface area contributed by atoms with Crippen LogP contribution in [0, 0.1) is 5.41 Å². The first kappa shape index (κ1) is 15.9. The number of amides is 3. The first-order chi connectivity index (χ1) is 9.62. The number of hydrogen-bond donors (Lipinski definition) is 1. The molecule has 0 aromatic carbocycles. The zero-order valence-electron chi connectivity index (χ0n) is 12.2. The molecule has 2 aliphatic rings. The van der Waals surface area contributed by atoms with E-state index in [0.717, 1.165) is 0 Å². The summed E-state index contributed by atoms with van der Waals surface area (Å²) >= 11 is 0. The molecule has 0 aromatic rings. The number of halogens is 3. The van der Waals surface area contributed by atoms with Gasteiger partial charge in [-0.25, -0.2) is 4.79 Å². The smallest absolute Gasteiger partial charge is 0.341 e. The molecule has 0 radical (unpaired) electrons. The van der Waals surface area contributed by atoms with Crippen molar-refractivity contribution in [1.82, 2.24) is 15.1 Å². The Hall–Kier alpha value is -1.47. The van der Waals surface area contributed by atoms with Crippen molar-refractivity contribution in [3.63, 3.8) is 0 Å². The first-order valence-electron chi connectivity index (χ1n) is 7.02. The van der Waals surface area contributed by atoms with Gasteiger partial charge in [-0.05, 0) is 6.92 Å². The highest BCUT2D eigenvalue weighted by Gasteiger charge is 2.48. The maximum absolute atomic E-state index is 12.4. The maximum atomic E-state index is 12.4. The van der Waals surface area contributed by atoms with Crippen molar-refractivity contribution in [3.8, 4) is 0 Å². The van der Waals surface area contributed by atoms with Crippen molar-refractivity contribution in [2.75, 3.05) is 26.2 Å². The second-order valence-electron chi connectivity index (χ2n) is 6.24. The number of carbonyl (C=O) groups excluding carboxylic acids is 2. The Bertz CT molecular complexity index is 433. The largest absolute Gasteiger partial charge is 0.389 e. The van der Waals surface area contributed by atoms with Gasteiger partial charge in [-0.1, -0.05) is 6.92 Å². The average Bonchev–Trinajstić information content (AvgIpc) is 2.63. The second kappa shape index (κ2) is 5.38. The summed E-state index contributed by atoms with van der Waals surface area (Å²) < 4.78 is 37.2. The minimum absolute atomic E-state index is 0.00619. The molecule has 2 rings (SSSR count). The van der Waals surface area contributed by atoms with Crippen molar-refractivity contribution in [1.29, 1.82) is 0 Å². The molecule has 0 bridgehead atoms. The molecule has 120 valence electrons. The molecule has 2 saturated heterocycles. The molecule has 1 atom stereocenters. The van der Waals surface area contributed by atoms with Crippen molar-refractivity contribution in [2.24, 2.45) is 5.41 Å². The number of likely N-dealkylation sites (tertiary alicyclic amines) is 2. The van der Waals surface area contributed by atoms with Crippen LogP contribution in [0.1, 0.15) is 26.7 Å². The highest BCUT2D eigenvalue weighted by Crippen LogP contribution is 2.40. The van der Waals surface area contributed by atoms with E-state index in [2.05, 4.69) is 5.32 Å².